The van der Waals surface area contributed by atoms with Crippen LogP contribution >= 0.6 is 0 Å². The number of nitrogens with zero attached hydrogens (tertiary/aromatic N) is 2. The first-order valence-corrected chi connectivity index (χ1v) is 5.33. The third kappa shape index (κ3) is 3.04. The van der Waals surface area contributed by atoms with E-state index in [-0.39, 0.29) is 0 Å². The number of hydrogen-bond donors (Lipinski definition) is 1. The fourth-order valence-corrected chi connectivity index (χ4v) is 1.38. The van der Waals surface area contributed by atoms with E-state index in [0.717, 1.165) is 10.4 Å². The van der Waals surface area contributed by atoms with E-state index in [2.05, 4.69) is 5.43 Å². The summed E-state index contributed by atoms with van der Waals surface area (Å²) in [5.74, 6) is 0. The summed E-state index contributed by atoms with van der Waals surface area (Å²) in [6.45, 7) is 0. The standard InChI is InChI=1S/C13H14N3O/c1-15-9-7-12(8-10-15)11-14-16(17)13-5-3-2-4-6-13/h2-11H,1H3,(H,14,17)/q+1. The maximum Gasteiger partial charge on any atom is 0.292 e. The van der Waals surface area contributed by atoms with Crippen molar-refractivity contribution in [2.45, 2.75) is 0 Å². The number of hydrazine groups is 1. The lowest BCUT2D eigenvalue weighted by molar-refractivity contribution is -0.516. The third-order valence-electron chi connectivity index (χ3n) is 2.34. The summed E-state index contributed by atoms with van der Waals surface area (Å²) >= 11 is 0. The van der Waals surface area contributed by atoms with Gasteiger partial charge in [-0.15, -0.1) is 5.43 Å². The predicted molar refractivity (Wildman–Crippen MR) is 67.0 cm³/mol. The van der Waals surface area contributed by atoms with E-state index >= 15 is 0 Å². The summed E-state index contributed by atoms with van der Waals surface area (Å²) < 4.78 is 0. The number of hydrogen-bond acceptors (Lipinski definition) is 2. The van der Waals surface area contributed by atoms with Gasteiger partial charge in [0.1, 0.15) is 0 Å². The van der Waals surface area contributed by atoms with Gasteiger partial charge in [0.15, 0.2) is 4.87 Å². The molecular formula is C13H14N3O+. The van der Waals surface area contributed by atoms with Crippen LogP contribution in [0.15, 0.2) is 66.7 Å². The molecule has 4 nitrogen and oxygen atoms in total. The lowest BCUT2D eigenvalue weighted by atomic mass is 10.2. The van der Waals surface area contributed by atoms with Gasteiger partial charge in [-0.2, -0.15) is 0 Å². The molecule has 0 saturated carbocycles. The van der Waals surface area contributed by atoms with Gasteiger partial charge in [0.25, 0.3) is 5.69 Å². The van der Waals surface area contributed by atoms with Crippen LogP contribution in [0.2, 0.25) is 0 Å². The fraction of sp³-hybridized carbons (Fsp3) is 0.0769. The van der Waals surface area contributed by atoms with Gasteiger partial charge in [0.05, 0.1) is 11.1 Å². The topological polar surface area (TPSA) is 35.4 Å². The largest absolute Gasteiger partial charge is 0.357 e. The molecule has 4 heteroatoms. The summed E-state index contributed by atoms with van der Waals surface area (Å²) in [6, 6.07) is 9.02. The SMILES string of the molecule is CN1C=CC(=CN[N+](=O)c2ccccc2)C=C1. The average Bonchev–Trinajstić information content (AvgIpc) is 2.39. The zero-order chi connectivity index (χ0) is 12.1. The molecule has 1 N–H and O–H groups in total. The lowest BCUT2D eigenvalue weighted by Gasteiger charge is -2.10. The Morgan fingerprint density at radius 1 is 1.18 bits per heavy atom. The van der Waals surface area contributed by atoms with Crippen LogP contribution in [-0.2, 0) is 0 Å². The summed E-state index contributed by atoms with van der Waals surface area (Å²) in [5.41, 5.74) is 4.20. The summed E-state index contributed by atoms with van der Waals surface area (Å²) in [6.07, 6.45) is 9.36. The zero-order valence-electron chi connectivity index (χ0n) is 9.58. The van der Waals surface area contributed by atoms with E-state index in [1.54, 1.807) is 18.3 Å². The van der Waals surface area contributed by atoms with E-state index < -0.39 is 0 Å². The van der Waals surface area contributed by atoms with Crippen molar-refractivity contribution < 1.29 is 4.87 Å². The predicted octanol–water partition coefficient (Wildman–Crippen LogP) is 2.46. The number of nitrogens with one attached hydrogen (secondary N) is 1. The Hall–Kier alpha value is -2.36. The van der Waals surface area contributed by atoms with E-state index in [1.807, 2.05) is 54.7 Å². The average molecular weight is 228 g/mol. The summed E-state index contributed by atoms with van der Waals surface area (Å²) in [7, 11) is 1.95. The molecule has 0 amide bonds. The highest BCUT2D eigenvalue weighted by atomic mass is 16.3. The van der Waals surface area contributed by atoms with E-state index in [4.69, 9.17) is 0 Å². The van der Waals surface area contributed by atoms with Crippen LogP contribution in [0.3, 0.4) is 0 Å². The van der Waals surface area contributed by atoms with Crippen molar-refractivity contribution in [1.82, 2.24) is 10.3 Å². The minimum Gasteiger partial charge on any atom is -0.357 e. The van der Waals surface area contributed by atoms with Gasteiger partial charge in [-0.3, -0.25) is 0 Å². The van der Waals surface area contributed by atoms with Crippen molar-refractivity contribution in [3.8, 4) is 0 Å². The van der Waals surface area contributed by atoms with Gasteiger partial charge in [-0.05, 0) is 17.7 Å². The molecule has 0 aliphatic carbocycles. The fourth-order valence-electron chi connectivity index (χ4n) is 1.38. The molecule has 0 atom stereocenters. The molecule has 0 spiro atoms. The number of benzene rings is 1. The van der Waals surface area contributed by atoms with Crippen LogP contribution in [0.4, 0.5) is 5.69 Å². The maximum atomic E-state index is 11.7. The molecule has 0 radical (unpaired) electrons. The van der Waals surface area contributed by atoms with Crippen molar-refractivity contribution in [1.29, 1.82) is 0 Å². The first-order chi connectivity index (χ1) is 8.25. The molecule has 1 aromatic carbocycles. The molecule has 17 heavy (non-hydrogen) atoms. The Labute approximate surface area is 100 Å². The molecule has 0 saturated heterocycles. The van der Waals surface area contributed by atoms with E-state index in [9.17, 15) is 4.91 Å². The quantitative estimate of drug-likeness (QED) is 0.637. The smallest absolute Gasteiger partial charge is 0.292 e. The number of nitroso groups, excluding NO2 is 1. The van der Waals surface area contributed by atoms with Gasteiger partial charge in [-0.1, -0.05) is 18.2 Å². The highest BCUT2D eigenvalue weighted by Gasteiger charge is 2.10. The molecule has 86 valence electrons. The van der Waals surface area contributed by atoms with Crippen molar-refractivity contribution >= 4 is 5.69 Å². The summed E-state index contributed by atoms with van der Waals surface area (Å²) in [4.78, 5) is 14.3. The Kier molecular flexibility index (Phi) is 3.35. The van der Waals surface area contributed by atoms with Crippen molar-refractivity contribution in [3.63, 3.8) is 0 Å². The number of allylic oxidation sites excluding steroid dienone is 3. The second kappa shape index (κ2) is 5.12. The lowest BCUT2D eigenvalue weighted by Crippen LogP contribution is -2.16. The third-order valence-corrected chi connectivity index (χ3v) is 2.34. The van der Waals surface area contributed by atoms with Gasteiger partial charge >= 0.3 is 0 Å². The normalized spacial score (nSPS) is 13.7. The number of rotatable bonds is 3. The summed E-state index contributed by atoms with van der Waals surface area (Å²) in [5, 5.41) is 0. The zero-order valence-corrected chi connectivity index (χ0v) is 9.58. The van der Waals surface area contributed by atoms with Gasteiger partial charge in [-0.25, -0.2) is 0 Å². The Bertz CT molecular complexity index is 473. The number of para-hydroxylation sites is 1. The van der Waals surface area contributed by atoms with Gasteiger partial charge in [0, 0.05) is 31.6 Å². The molecule has 1 aromatic rings. The Morgan fingerprint density at radius 2 is 1.82 bits per heavy atom. The molecule has 1 aliphatic heterocycles. The van der Waals surface area contributed by atoms with Crippen molar-refractivity contribution in [2.24, 2.45) is 0 Å². The van der Waals surface area contributed by atoms with Gasteiger partial charge < -0.3 is 4.90 Å². The molecule has 1 aliphatic rings. The first-order valence-electron chi connectivity index (χ1n) is 5.33. The second-order valence-corrected chi connectivity index (χ2v) is 3.70. The molecule has 2 rings (SSSR count). The van der Waals surface area contributed by atoms with Crippen LogP contribution < -0.4 is 5.43 Å². The monoisotopic (exact) mass is 228 g/mol. The highest BCUT2D eigenvalue weighted by Crippen LogP contribution is 2.09. The van der Waals surface area contributed by atoms with Crippen LogP contribution in [0.25, 0.3) is 0 Å². The Morgan fingerprint density at radius 3 is 2.47 bits per heavy atom. The van der Waals surface area contributed by atoms with Crippen LogP contribution in [0, 0.1) is 4.91 Å². The molecule has 0 fully saturated rings. The van der Waals surface area contributed by atoms with Crippen molar-refractivity contribution in [2.75, 3.05) is 7.05 Å². The molecule has 0 unspecified atom stereocenters. The van der Waals surface area contributed by atoms with E-state index in [0.29, 0.717) is 5.69 Å². The van der Waals surface area contributed by atoms with Crippen molar-refractivity contribution in [3.05, 3.63) is 71.6 Å². The molecular weight excluding hydrogens is 214 g/mol. The highest BCUT2D eigenvalue weighted by molar-refractivity contribution is 5.33. The molecule has 0 bridgehead atoms. The van der Waals surface area contributed by atoms with Crippen LogP contribution in [0.1, 0.15) is 0 Å². The minimum absolute atomic E-state index is 0.574. The maximum absolute atomic E-state index is 11.7. The molecule has 0 aromatic heterocycles. The Balaban J connectivity index is 1.99. The van der Waals surface area contributed by atoms with Crippen LogP contribution in [-0.4, -0.2) is 16.8 Å². The molecule has 1 heterocycles. The van der Waals surface area contributed by atoms with Gasteiger partial charge in [0.2, 0.25) is 0 Å². The first kappa shape index (κ1) is 11.1. The minimum atomic E-state index is 0.574. The second-order valence-electron chi connectivity index (χ2n) is 3.70. The van der Waals surface area contributed by atoms with Crippen LogP contribution in [0.5, 0.6) is 0 Å². The van der Waals surface area contributed by atoms with E-state index in [1.165, 1.54) is 0 Å².